The van der Waals surface area contributed by atoms with Crippen LogP contribution in [0.3, 0.4) is 0 Å². The van der Waals surface area contributed by atoms with Gasteiger partial charge in [0.25, 0.3) is 5.91 Å². The Bertz CT molecular complexity index is 784. The molecule has 0 fully saturated rings. The normalized spacial score (nSPS) is 14.9. The fourth-order valence-electron chi connectivity index (χ4n) is 2.35. The number of amides is 1. The highest BCUT2D eigenvalue weighted by Gasteiger charge is 2.24. The van der Waals surface area contributed by atoms with Crippen LogP contribution in [-0.4, -0.2) is 12.5 Å². The quantitative estimate of drug-likeness (QED) is 0.698. The van der Waals surface area contributed by atoms with Gasteiger partial charge in [0.2, 0.25) is 0 Å². The largest absolute Gasteiger partial charge is 0.494 e. The Balaban J connectivity index is 2.08. The van der Waals surface area contributed by atoms with E-state index in [9.17, 15) is 4.79 Å². The first-order chi connectivity index (χ1) is 10.6. The van der Waals surface area contributed by atoms with Crippen molar-refractivity contribution in [3.63, 3.8) is 0 Å². The Morgan fingerprint density at radius 3 is 2.77 bits per heavy atom. The molecule has 2 aromatic carbocycles. The first kappa shape index (κ1) is 15.3. The third-order valence-electron chi connectivity index (χ3n) is 3.34. The summed E-state index contributed by atoms with van der Waals surface area (Å²) in [6.45, 7) is 2.55. The number of benzene rings is 2. The molecule has 3 rings (SSSR count). The fourth-order valence-corrected chi connectivity index (χ4v) is 3.07. The van der Waals surface area contributed by atoms with Crippen LogP contribution < -0.4 is 10.1 Å². The molecule has 0 atom stereocenters. The zero-order valence-electron chi connectivity index (χ0n) is 11.8. The lowest BCUT2D eigenvalue weighted by molar-refractivity contribution is -0.110. The predicted octanol–water partition coefficient (Wildman–Crippen LogP) is 5.10. The smallest absolute Gasteiger partial charge is 0.256 e. The van der Waals surface area contributed by atoms with Crippen molar-refractivity contribution in [3.8, 4) is 5.75 Å². The second kappa shape index (κ2) is 6.26. The minimum absolute atomic E-state index is 0.0955. The van der Waals surface area contributed by atoms with Gasteiger partial charge in [0, 0.05) is 25.8 Å². The number of halogens is 2. The molecule has 0 aliphatic carbocycles. The van der Waals surface area contributed by atoms with Gasteiger partial charge in [-0.25, -0.2) is 0 Å². The Morgan fingerprint density at radius 2 is 2.00 bits per heavy atom. The molecule has 5 heteroatoms. The summed E-state index contributed by atoms with van der Waals surface area (Å²) in [6.07, 6.45) is 1.88. The van der Waals surface area contributed by atoms with Crippen molar-refractivity contribution in [3.05, 3.63) is 56.5 Å². The molecule has 0 spiro atoms. The second-order valence-electron chi connectivity index (χ2n) is 4.82. The van der Waals surface area contributed by atoms with Crippen molar-refractivity contribution in [1.29, 1.82) is 0 Å². The van der Waals surface area contributed by atoms with Gasteiger partial charge in [-0.3, -0.25) is 4.79 Å². The van der Waals surface area contributed by atoms with Crippen molar-refractivity contribution in [2.24, 2.45) is 0 Å². The maximum atomic E-state index is 12.2. The van der Waals surface area contributed by atoms with Gasteiger partial charge in [-0.15, -0.1) is 0 Å². The van der Waals surface area contributed by atoms with Crippen molar-refractivity contribution in [2.75, 3.05) is 11.9 Å². The van der Waals surface area contributed by atoms with Crippen LogP contribution in [0.5, 0.6) is 5.75 Å². The van der Waals surface area contributed by atoms with Crippen LogP contribution in [-0.2, 0) is 4.79 Å². The van der Waals surface area contributed by atoms with E-state index in [1.807, 2.05) is 49.4 Å². The van der Waals surface area contributed by atoms with E-state index in [0.29, 0.717) is 12.2 Å². The maximum Gasteiger partial charge on any atom is 0.256 e. The van der Waals surface area contributed by atoms with Crippen LogP contribution in [0.1, 0.15) is 18.1 Å². The average Bonchev–Trinajstić information content (AvgIpc) is 2.79. The summed E-state index contributed by atoms with van der Waals surface area (Å²) in [4.78, 5) is 12.2. The standard InChI is InChI=1S/C17H13Br2NO2/c1-2-22-12-4-5-15(19)10(7-12)8-14-13-9-11(18)3-6-16(13)20-17(14)21/h3-9H,2H2,1H3,(H,20,21). The molecule has 22 heavy (non-hydrogen) atoms. The Labute approximate surface area is 145 Å². The van der Waals surface area contributed by atoms with Gasteiger partial charge in [0.05, 0.1) is 6.61 Å². The van der Waals surface area contributed by atoms with E-state index < -0.39 is 0 Å². The van der Waals surface area contributed by atoms with E-state index >= 15 is 0 Å². The predicted molar refractivity (Wildman–Crippen MR) is 96.0 cm³/mol. The molecule has 0 aromatic heterocycles. The van der Waals surface area contributed by atoms with Gasteiger partial charge in [-0.1, -0.05) is 31.9 Å². The number of fused-ring (bicyclic) bond motifs is 1. The zero-order valence-corrected chi connectivity index (χ0v) is 15.0. The van der Waals surface area contributed by atoms with E-state index in [0.717, 1.165) is 31.5 Å². The molecule has 0 unspecified atom stereocenters. The van der Waals surface area contributed by atoms with Gasteiger partial charge < -0.3 is 10.1 Å². The molecule has 1 heterocycles. The highest BCUT2D eigenvalue weighted by molar-refractivity contribution is 9.10. The number of carbonyl (C=O) groups excluding carboxylic acids is 1. The first-order valence-corrected chi connectivity index (χ1v) is 8.42. The molecule has 0 radical (unpaired) electrons. The molecule has 112 valence electrons. The zero-order chi connectivity index (χ0) is 15.7. The van der Waals surface area contributed by atoms with Crippen molar-refractivity contribution < 1.29 is 9.53 Å². The number of carbonyl (C=O) groups is 1. The SMILES string of the molecule is CCOc1ccc(Br)c(C=C2C(=O)Nc3ccc(Br)cc32)c1. The van der Waals surface area contributed by atoms with Crippen molar-refractivity contribution >= 4 is 55.1 Å². The van der Waals surface area contributed by atoms with E-state index in [-0.39, 0.29) is 5.91 Å². The van der Waals surface area contributed by atoms with Gasteiger partial charge >= 0.3 is 0 Å². The van der Waals surface area contributed by atoms with Crippen LogP contribution in [0.25, 0.3) is 11.6 Å². The van der Waals surface area contributed by atoms with E-state index in [1.165, 1.54) is 0 Å². The number of hydrogen-bond donors (Lipinski definition) is 1. The van der Waals surface area contributed by atoms with E-state index in [4.69, 9.17) is 4.74 Å². The van der Waals surface area contributed by atoms with Gasteiger partial charge in [0.1, 0.15) is 5.75 Å². The Kier molecular flexibility index (Phi) is 4.36. The molecule has 0 saturated heterocycles. The van der Waals surface area contributed by atoms with Gasteiger partial charge in [-0.2, -0.15) is 0 Å². The topological polar surface area (TPSA) is 38.3 Å². The fraction of sp³-hybridized carbons (Fsp3) is 0.118. The number of anilines is 1. The lowest BCUT2D eigenvalue weighted by Crippen LogP contribution is -2.03. The number of hydrogen-bond acceptors (Lipinski definition) is 2. The van der Waals surface area contributed by atoms with Crippen LogP contribution in [0.2, 0.25) is 0 Å². The summed E-state index contributed by atoms with van der Waals surface area (Å²) in [7, 11) is 0. The first-order valence-electron chi connectivity index (χ1n) is 6.84. The minimum atomic E-state index is -0.0955. The molecule has 0 bridgehead atoms. The van der Waals surface area contributed by atoms with E-state index in [1.54, 1.807) is 0 Å². The van der Waals surface area contributed by atoms with Crippen molar-refractivity contribution in [2.45, 2.75) is 6.92 Å². The summed E-state index contributed by atoms with van der Waals surface area (Å²) < 4.78 is 7.38. The molecule has 1 N–H and O–H groups in total. The third-order valence-corrected chi connectivity index (χ3v) is 4.56. The second-order valence-corrected chi connectivity index (χ2v) is 6.59. The molecule has 1 amide bonds. The van der Waals surface area contributed by atoms with Crippen LogP contribution >= 0.6 is 31.9 Å². The summed E-state index contributed by atoms with van der Waals surface area (Å²) in [5.41, 5.74) is 3.28. The lowest BCUT2D eigenvalue weighted by Gasteiger charge is -2.06. The van der Waals surface area contributed by atoms with Gasteiger partial charge in [-0.05, 0) is 55.0 Å². The molecule has 2 aromatic rings. The Morgan fingerprint density at radius 1 is 1.18 bits per heavy atom. The van der Waals surface area contributed by atoms with Crippen LogP contribution in [0.15, 0.2) is 45.3 Å². The molecular weight excluding hydrogens is 410 g/mol. The Hall–Kier alpha value is -1.59. The van der Waals surface area contributed by atoms with Gasteiger partial charge in [0.15, 0.2) is 0 Å². The number of ether oxygens (including phenoxy) is 1. The highest BCUT2D eigenvalue weighted by Crippen LogP contribution is 2.36. The minimum Gasteiger partial charge on any atom is -0.494 e. The maximum absolute atomic E-state index is 12.2. The molecule has 3 nitrogen and oxygen atoms in total. The molecule has 1 aliphatic rings. The number of rotatable bonds is 3. The van der Waals surface area contributed by atoms with Crippen molar-refractivity contribution in [1.82, 2.24) is 0 Å². The third kappa shape index (κ3) is 2.96. The summed E-state index contributed by atoms with van der Waals surface area (Å²) in [6, 6.07) is 11.5. The van der Waals surface area contributed by atoms with Crippen LogP contribution in [0, 0.1) is 0 Å². The summed E-state index contributed by atoms with van der Waals surface area (Å²) in [5, 5.41) is 2.88. The lowest BCUT2D eigenvalue weighted by atomic mass is 10.0. The molecular formula is C17H13Br2NO2. The molecule has 1 aliphatic heterocycles. The average molecular weight is 423 g/mol. The molecule has 0 saturated carbocycles. The van der Waals surface area contributed by atoms with Crippen LogP contribution in [0.4, 0.5) is 5.69 Å². The highest BCUT2D eigenvalue weighted by atomic mass is 79.9. The monoisotopic (exact) mass is 421 g/mol. The summed E-state index contributed by atoms with van der Waals surface area (Å²) in [5.74, 6) is 0.687. The van der Waals surface area contributed by atoms with E-state index in [2.05, 4.69) is 37.2 Å². The summed E-state index contributed by atoms with van der Waals surface area (Å²) >= 11 is 6.97. The number of nitrogens with one attached hydrogen (secondary N) is 1.